The first-order valence-corrected chi connectivity index (χ1v) is 10.4. The Labute approximate surface area is 159 Å². The standard InChI is InChI=1S/C19H28N4O2S/c1-18(2)7-4-16(23-24-3)19(12-18)10-14(22-25-19)15-11-26-17(21-15)13-5-8-20-9-6-13/h11,13,20H,4-10,12H2,1-3H3/b23-16+. The lowest BCUT2D eigenvalue weighted by atomic mass is 9.67. The lowest BCUT2D eigenvalue weighted by Crippen LogP contribution is -2.47. The largest absolute Gasteiger partial charge is 0.399 e. The molecule has 4 rings (SSSR count). The number of hydrogen-bond donors (Lipinski definition) is 1. The molecular formula is C19H28N4O2S. The molecule has 7 heteroatoms. The molecule has 0 aromatic carbocycles. The minimum Gasteiger partial charge on any atom is -0.399 e. The lowest BCUT2D eigenvalue weighted by Gasteiger charge is -2.40. The predicted molar refractivity (Wildman–Crippen MR) is 104 cm³/mol. The average Bonchev–Trinajstić information content (AvgIpc) is 3.26. The van der Waals surface area contributed by atoms with Crippen molar-refractivity contribution in [2.75, 3.05) is 20.2 Å². The van der Waals surface area contributed by atoms with Crippen LogP contribution >= 0.6 is 11.3 Å². The maximum Gasteiger partial charge on any atom is 0.185 e. The Bertz CT molecular complexity index is 721. The molecule has 1 unspecified atom stereocenters. The highest BCUT2D eigenvalue weighted by molar-refractivity contribution is 7.10. The van der Waals surface area contributed by atoms with Crippen molar-refractivity contribution >= 4 is 22.8 Å². The molecule has 1 atom stereocenters. The maximum absolute atomic E-state index is 6.04. The summed E-state index contributed by atoms with van der Waals surface area (Å²) in [5.41, 5.74) is 2.64. The van der Waals surface area contributed by atoms with Gasteiger partial charge in [-0.15, -0.1) is 11.3 Å². The van der Waals surface area contributed by atoms with E-state index >= 15 is 0 Å². The summed E-state index contributed by atoms with van der Waals surface area (Å²) in [5, 5.41) is 15.5. The van der Waals surface area contributed by atoms with E-state index in [-0.39, 0.29) is 5.41 Å². The Hall–Kier alpha value is -1.47. The number of piperidine rings is 1. The Morgan fingerprint density at radius 2 is 2.15 bits per heavy atom. The number of oxime groups is 2. The zero-order valence-corrected chi connectivity index (χ0v) is 16.7. The van der Waals surface area contributed by atoms with E-state index in [4.69, 9.17) is 14.7 Å². The van der Waals surface area contributed by atoms with Crippen molar-refractivity contribution in [1.82, 2.24) is 10.3 Å². The molecule has 1 saturated carbocycles. The summed E-state index contributed by atoms with van der Waals surface area (Å²) >= 11 is 1.76. The van der Waals surface area contributed by atoms with Gasteiger partial charge < -0.3 is 15.0 Å². The highest BCUT2D eigenvalue weighted by Crippen LogP contribution is 2.46. The van der Waals surface area contributed by atoms with Crippen LogP contribution in [0, 0.1) is 5.41 Å². The van der Waals surface area contributed by atoms with Gasteiger partial charge in [0.15, 0.2) is 5.60 Å². The van der Waals surface area contributed by atoms with E-state index in [0.717, 1.165) is 55.9 Å². The molecular weight excluding hydrogens is 348 g/mol. The van der Waals surface area contributed by atoms with Gasteiger partial charge in [-0.1, -0.05) is 24.2 Å². The monoisotopic (exact) mass is 376 g/mol. The topological polar surface area (TPSA) is 68.1 Å². The van der Waals surface area contributed by atoms with Gasteiger partial charge in [0.1, 0.15) is 18.5 Å². The van der Waals surface area contributed by atoms with Crippen LogP contribution in [0.1, 0.15) is 69.0 Å². The predicted octanol–water partition coefficient (Wildman–Crippen LogP) is 3.69. The summed E-state index contributed by atoms with van der Waals surface area (Å²) in [6.07, 6.45) is 5.94. The van der Waals surface area contributed by atoms with Gasteiger partial charge in [0.2, 0.25) is 0 Å². The molecule has 142 valence electrons. The zero-order valence-electron chi connectivity index (χ0n) is 15.9. The summed E-state index contributed by atoms with van der Waals surface area (Å²) < 4.78 is 0. The Morgan fingerprint density at radius 1 is 1.35 bits per heavy atom. The fraction of sp³-hybridized carbons (Fsp3) is 0.737. The van der Waals surface area contributed by atoms with Gasteiger partial charge in [0.25, 0.3) is 0 Å². The van der Waals surface area contributed by atoms with Crippen molar-refractivity contribution in [2.24, 2.45) is 15.7 Å². The van der Waals surface area contributed by atoms with E-state index in [0.29, 0.717) is 5.92 Å². The second-order valence-electron chi connectivity index (χ2n) is 8.46. The third-order valence-corrected chi connectivity index (χ3v) is 6.83. The van der Waals surface area contributed by atoms with Gasteiger partial charge in [-0.3, -0.25) is 0 Å². The number of hydrogen-bond acceptors (Lipinski definition) is 7. The first kappa shape index (κ1) is 17.9. The van der Waals surface area contributed by atoms with Gasteiger partial charge in [-0.2, -0.15) is 0 Å². The molecule has 1 aliphatic carbocycles. The second-order valence-corrected chi connectivity index (χ2v) is 9.35. The molecule has 1 N–H and O–H groups in total. The van der Waals surface area contributed by atoms with Crippen molar-refractivity contribution in [3.63, 3.8) is 0 Å². The summed E-state index contributed by atoms with van der Waals surface area (Å²) in [6.45, 7) is 6.74. The Kier molecular flexibility index (Phi) is 4.77. The highest BCUT2D eigenvalue weighted by atomic mass is 32.1. The van der Waals surface area contributed by atoms with Crippen LogP contribution in [-0.4, -0.2) is 42.2 Å². The van der Waals surface area contributed by atoms with E-state index < -0.39 is 5.60 Å². The van der Waals surface area contributed by atoms with Crippen molar-refractivity contribution in [3.05, 3.63) is 16.1 Å². The van der Waals surface area contributed by atoms with Crippen LogP contribution in [0.3, 0.4) is 0 Å². The number of rotatable bonds is 3. The van der Waals surface area contributed by atoms with Crippen LogP contribution in [0.5, 0.6) is 0 Å². The summed E-state index contributed by atoms with van der Waals surface area (Å²) in [6, 6.07) is 0. The molecule has 0 bridgehead atoms. The van der Waals surface area contributed by atoms with Crippen LogP contribution in [0.15, 0.2) is 15.7 Å². The van der Waals surface area contributed by atoms with Gasteiger partial charge in [0.05, 0.1) is 10.7 Å². The zero-order chi connectivity index (χ0) is 18.2. The van der Waals surface area contributed by atoms with Crippen LogP contribution in [-0.2, 0) is 9.68 Å². The SMILES string of the molecule is CO/N=C1\CCC(C)(C)CC12CC(c1csc(C3CCNCC3)n1)=NO2. The van der Waals surface area contributed by atoms with Gasteiger partial charge >= 0.3 is 0 Å². The molecule has 3 aliphatic rings. The molecule has 6 nitrogen and oxygen atoms in total. The van der Waals surface area contributed by atoms with Crippen molar-refractivity contribution in [1.29, 1.82) is 0 Å². The number of thiazole rings is 1. The number of nitrogens with one attached hydrogen (secondary N) is 1. The van der Waals surface area contributed by atoms with Crippen molar-refractivity contribution in [3.8, 4) is 0 Å². The molecule has 1 spiro atoms. The smallest absolute Gasteiger partial charge is 0.185 e. The minimum absolute atomic E-state index is 0.208. The van der Waals surface area contributed by atoms with Crippen LogP contribution in [0.25, 0.3) is 0 Å². The molecule has 3 heterocycles. The summed E-state index contributed by atoms with van der Waals surface area (Å²) in [4.78, 5) is 16.0. The van der Waals surface area contributed by atoms with E-state index in [1.54, 1.807) is 18.4 Å². The molecule has 1 aromatic heterocycles. The van der Waals surface area contributed by atoms with Crippen LogP contribution < -0.4 is 5.32 Å². The minimum atomic E-state index is -0.467. The number of nitrogens with zero attached hydrogens (tertiary/aromatic N) is 3. The second kappa shape index (κ2) is 6.93. The lowest BCUT2D eigenvalue weighted by molar-refractivity contribution is -0.0124. The van der Waals surface area contributed by atoms with Gasteiger partial charge in [0, 0.05) is 24.1 Å². The quantitative estimate of drug-likeness (QED) is 0.817. The third kappa shape index (κ3) is 3.39. The summed E-state index contributed by atoms with van der Waals surface area (Å²) in [7, 11) is 1.60. The van der Waals surface area contributed by atoms with E-state index in [9.17, 15) is 0 Å². The third-order valence-electron chi connectivity index (χ3n) is 5.82. The van der Waals surface area contributed by atoms with Gasteiger partial charge in [-0.25, -0.2) is 4.98 Å². The first-order valence-electron chi connectivity index (χ1n) is 9.53. The highest BCUT2D eigenvalue weighted by Gasteiger charge is 2.51. The van der Waals surface area contributed by atoms with E-state index in [1.165, 1.54) is 17.8 Å². The Balaban J connectivity index is 1.53. The molecule has 26 heavy (non-hydrogen) atoms. The summed E-state index contributed by atoms with van der Waals surface area (Å²) in [5.74, 6) is 0.575. The Morgan fingerprint density at radius 3 is 2.92 bits per heavy atom. The number of aromatic nitrogens is 1. The van der Waals surface area contributed by atoms with Gasteiger partial charge in [-0.05, 0) is 44.2 Å². The fourth-order valence-electron chi connectivity index (χ4n) is 4.43. The molecule has 1 aromatic rings. The van der Waals surface area contributed by atoms with Crippen molar-refractivity contribution in [2.45, 2.75) is 63.9 Å². The molecule has 0 amide bonds. The van der Waals surface area contributed by atoms with E-state index in [2.05, 4.69) is 34.9 Å². The maximum atomic E-state index is 6.04. The normalized spacial score (nSPS) is 30.4. The molecule has 2 fully saturated rings. The molecule has 1 saturated heterocycles. The van der Waals surface area contributed by atoms with E-state index in [1.807, 2.05) is 0 Å². The van der Waals surface area contributed by atoms with Crippen LogP contribution in [0.2, 0.25) is 0 Å². The first-order chi connectivity index (χ1) is 12.5. The van der Waals surface area contributed by atoms with Crippen molar-refractivity contribution < 1.29 is 9.68 Å². The van der Waals surface area contributed by atoms with Crippen LogP contribution in [0.4, 0.5) is 0 Å². The fourth-order valence-corrected chi connectivity index (χ4v) is 5.43. The average molecular weight is 377 g/mol. The molecule has 0 radical (unpaired) electrons. The molecule has 2 aliphatic heterocycles.